The number of amides is 3. The van der Waals surface area contributed by atoms with Crippen LogP contribution in [0.2, 0.25) is 5.02 Å². The number of nitrogens with two attached hydrogens (primary N) is 1. The first-order valence-electron chi connectivity index (χ1n) is 9.74. The van der Waals surface area contributed by atoms with Gasteiger partial charge in [0.1, 0.15) is 0 Å². The molecule has 28 heavy (non-hydrogen) atoms. The van der Waals surface area contributed by atoms with Gasteiger partial charge in [-0.3, -0.25) is 4.79 Å². The van der Waals surface area contributed by atoms with Crippen LogP contribution in [0.15, 0.2) is 48.5 Å². The number of carbonyl (C=O) groups is 2. The summed E-state index contributed by atoms with van der Waals surface area (Å²) in [4.78, 5) is 25.5. The molecule has 148 valence electrons. The van der Waals surface area contributed by atoms with Gasteiger partial charge < -0.3 is 16.0 Å². The summed E-state index contributed by atoms with van der Waals surface area (Å²) in [5.41, 5.74) is 8.59. The first kappa shape index (κ1) is 20.2. The molecule has 3 rings (SSSR count). The Morgan fingerprint density at radius 2 is 1.75 bits per heavy atom. The minimum atomic E-state index is -0.355. The molecule has 0 aliphatic carbocycles. The van der Waals surface area contributed by atoms with Crippen molar-refractivity contribution in [1.82, 2.24) is 10.2 Å². The van der Waals surface area contributed by atoms with E-state index < -0.39 is 0 Å². The molecule has 0 bridgehead atoms. The zero-order valence-electron chi connectivity index (χ0n) is 15.9. The van der Waals surface area contributed by atoms with Crippen LogP contribution in [-0.4, -0.2) is 23.4 Å². The van der Waals surface area contributed by atoms with E-state index >= 15 is 0 Å². The van der Waals surface area contributed by atoms with Crippen molar-refractivity contribution in [2.24, 2.45) is 5.73 Å². The number of fused-ring (bicyclic) bond motifs is 1. The van der Waals surface area contributed by atoms with E-state index in [9.17, 15) is 9.59 Å². The van der Waals surface area contributed by atoms with Crippen LogP contribution >= 0.6 is 11.6 Å². The zero-order valence-corrected chi connectivity index (χ0v) is 16.6. The molecule has 1 aliphatic heterocycles. The van der Waals surface area contributed by atoms with Crippen molar-refractivity contribution in [1.29, 1.82) is 0 Å². The maximum Gasteiger partial charge on any atom is 0.315 e. The number of carbonyl (C=O) groups excluding carboxylic acids is 2. The van der Waals surface area contributed by atoms with Crippen molar-refractivity contribution >= 4 is 23.5 Å². The minimum absolute atomic E-state index is 0.0728. The van der Waals surface area contributed by atoms with Gasteiger partial charge in [0.25, 0.3) is 5.91 Å². The Morgan fingerprint density at radius 1 is 1.04 bits per heavy atom. The second-order valence-electron chi connectivity index (χ2n) is 7.15. The predicted molar refractivity (Wildman–Crippen MR) is 111 cm³/mol. The topological polar surface area (TPSA) is 75.4 Å². The first-order chi connectivity index (χ1) is 13.6. The molecule has 1 unspecified atom stereocenters. The standard InChI is InChI=1S/C22H26ClN3O2/c23-18-12-10-16(11-13-18)21(27)25-14-6-2-1-3-9-20-19-8-5-4-7-17(19)15-26(20)22(24)28/h4-5,7-8,10-13,20H,1-3,6,9,14-15H2,(H2,24,28)(H,25,27). The van der Waals surface area contributed by atoms with Crippen molar-refractivity contribution < 1.29 is 9.59 Å². The molecule has 0 saturated heterocycles. The van der Waals surface area contributed by atoms with E-state index in [4.69, 9.17) is 17.3 Å². The summed E-state index contributed by atoms with van der Waals surface area (Å²) >= 11 is 5.83. The number of halogens is 1. The van der Waals surface area contributed by atoms with Crippen LogP contribution in [0, 0.1) is 0 Å². The van der Waals surface area contributed by atoms with E-state index in [-0.39, 0.29) is 18.0 Å². The SMILES string of the molecule is NC(=O)N1Cc2ccccc2C1CCCCCCNC(=O)c1ccc(Cl)cc1. The maximum atomic E-state index is 12.0. The molecule has 2 aromatic carbocycles. The van der Waals surface area contributed by atoms with Gasteiger partial charge in [0.15, 0.2) is 0 Å². The van der Waals surface area contributed by atoms with Gasteiger partial charge in [0.2, 0.25) is 0 Å². The van der Waals surface area contributed by atoms with Crippen molar-refractivity contribution in [2.45, 2.75) is 44.7 Å². The van der Waals surface area contributed by atoms with Gasteiger partial charge in [0.05, 0.1) is 6.04 Å². The van der Waals surface area contributed by atoms with Gasteiger partial charge in [-0.05, 0) is 48.2 Å². The van der Waals surface area contributed by atoms with Gasteiger partial charge in [-0.15, -0.1) is 0 Å². The normalized spacial score (nSPS) is 15.3. The molecule has 0 spiro atoms. The smallest absolute Gasteiger partial charge is 0.315 e. The molecule has 0 radical (unpaired) electrons. The molecule has 0 aromatic heterocycles. The number of rotatable bonds is 8. The van der Waals surface area contributed by atoms with Crippen LogP contribution in [-0.2, 0) is 6.54 Å². The summed E-state index contributed by atoms with van der Waals surface area (Å²) in [5.74, 6) is -0.0728. The Labute approximate surface area is 170 Å². The highest BCUT2D eigenvalue weighted by Crippen LogP contribution is 2.36. The summed E-state index contributed by atoms with van der Waals surface area (Å²) in [6, 6.07) is 14.8. The summed E-state index contributed by atoms with van der Waals surface area (Å²) in [6.07, 6.45) is 4.96. The Kier molecular flexibility index (Phi) is 6.93. The van der Waals surface area contributed by atoms with E-state index in [2.05, 4.69) is 17.4 Å². The van der Waals surface area contributed by atoms with Crippen LogP contribution in [0.1, 0.15) is 59.6 Å². The number of hydrogen-bond acceptors (Lipinski definition) is 2. The van der Waals surface area contributed by atoms with Gasteiger partial charge in [-0.25, -0.2) is 4.79 Å². The van der Waals surface area contributed by atoms with Crippen LogP contribution in [0.5, 0.6) is 0 Å². The highest BCUT2D eigenvalue weighted by atomic mass is 35.5. The number of nitrogens with zero attached hydrogens (tertiary/aromatic N) is 1. The highest BCUT2D eigenvalue weighted by molar-refractivity contribution is 6.30. The highest BCUT2D eigenvalue weighted by Gasteiger charge is 2.31. The molecule has 2 aromatic rings. The minimum Gasteiger partial charge on any atom is -0.352 e. The van der Waals surface area contributed by atoms with Crippen molar-refractivity contribution in [3.8, 4) is 0 Å². The Morgan fingerprint density at radius 3 is 2.50 bits per heavy atom. The molecule has 1 aliphatic rings. The molecule has 1 heterocycles. The molecule has 5 nitrogen and oxygen atoms in total. The Hall–Kier alpha value is -2.53. The lowest BCUT2D eigenvalue weighted by atomic mass is 9.99. The quantitative estimate of drug-likeness (QED) is 0.633. The van der Waals surface area contributed by atoms with E-state index in [1.54, 1.807) is 29.2 Å². The third-order valence-corrected chi connectivity index (χ3v) is 5.46. The number of primary amides is 1. The Bertz CT molecular complexity index is 823. The summed E-state index contributed by atoms with van der Waals surface area (Å²) < 4.78 is 0. The number of hydrogen-bond donors (Lipinski definition) is 2. The molecule has 3 amide bonds. The number of urea groups is 1. The molecule has 3 N–H and O–H groups in total. The fourth-order valence-electron chi connectivity index (χ4n) is 3.73. The van der Waals surface area contributed by atoms with Crippen LogP contribution < -0.4 is 11.1 Å². The van der Waals surface area contributed by atoms with Gasteiger partial charge in [-0.1, -0.05) is 55.1 Å². The fourth-order valence-corrected chi connectivity index (χ4v) is 3.86. The third-order valence-electron chi connectivity index (χ3n) is 5.21. The Balaban J connectivity index is 1.36. The van der Waals surface area contributed by atoms with Gasteiger partial charge >= 0.3 is 6.03 Å². The van der Waals surface area contributed by atoms with Gasteiger partial charge in [0, 0.05) is 23.7 Å². The lowest BCUT2D eigenvalue weighted by Crippen LogP contribution is -2.34. The lowest BCUT2D eigenvalue weighted by Gasteiger charge is -2.23. The largest absolute Gasteiger partial charge is 0.352 e. The monoisotopic (exact) mass is 399 g/mol. The molecular weight excluding hydrogens is 374 g/mol. The van der Waals surface area contributed by atoms with Crippen LogP contribution in [0.4, 0.5) is 4.79 Å². The summed E-state index contributed by atoms with van der Waals surface area (Å²) in [6.45, 7) is 1.26. The zero-order chi connectivity index (χ0) is 19.9. The second kappa shape index (κ2) is 9.60. The van der Waals surface area contributed by atoms with E-state index in [1.807, 2.05) is 12.1 Å². The predicted octanol–water partition coefficient (Wildman–Crippen LogP) is 4.66. The molecule has 0 fully saturated rings. The lowest BCUT2D eigenvalue weighted by molar-refractivity contribution is 0.0953. The van der Waals surface area contributed by atoms with E-state index in [1.165, 1.54) is 11.1 Å². The second-order valence-corrected chi connectivity index (χ2v) is 7.58. The molecular formula is C22H26ClN3O2. The average molecular weight is 400 g/mol. The molecule has 0 saturated carbocycles. The summed E-state index contributed by atoms with van der Waals surface area (Å²) in [5, 5.41) is 3.56. The third kappa shape index (κ3) is 5.04. The van der Waals surface area contributed by atoms with Crippen LogP contribution in [0.3, 0.4) is 0 Å². The molecule has 1 atom stereocenters. The summed E-state index contributed by atoms with van der Waals surface area (Å²) in [7, 11) is 0. The maximum absolute atomic E-state index is 12.0. The van der Waals surface area contributed by atoms with Crippen molar-refractivity contribution in [3.63, 3.8) is 0 Å². The van der Waals surface area contributed by atoms with Crippen molar-refractivity contribution in [3.05, 3.63) is 70.2 Å². The van der Waals surface area contributed by atoms with E-state index in [0.717, 1.165) is 32.1 Å². The van der Waals surface area contributed by atoms with Gasteiger partial charge in [-0.2, -0.15) is 0 Å². The van der Waals surface area contributed by atoms with Crippen molar-refractivity contribution in [2.75, 3.05) is 6.54 Å². The van der Waals surface area contributed by atoms with Crippen LogP contribution in [0.25, 0.3) is 0 Å². The van der Waals surface area contributed by atoms with E-state index in [0.29, 0.717) is 23.7 Å². The molecule has 6 heteroatoms. The number of nitrogens with one attached hydrogen (secondary N) is 1. The number of benzene rings is 2. The average Bonchev–Trinajstić information content (AvgIpc) is 3.06. The first-order valence-corrected chi connectivity index (χ1v) is 10.1. The number of unbranched alkanes of at least 4 members (excludes halogenated alkanes) is 3. The fraction of sp³-hybridized carbons (Fsp3) is 0.364.